The Kier molecular flexibility index (Phi) is 6.19. The van der Waals surface area contributed by atoms with Gasteiger partial charge in [0.25, 0.3) is 0 Å². The molecule has 0 aromatic heterocycles. The van der Waals surface area contributed by atoms with Crippen molar-refractivity contribution in [3.05, 3.63) is 64.2 Å². The number of hydrogen-bond acceptors (Lipinski definition) is 4. The molecule has 0 saturated heterocycles. The van der Waals surface area contributed by atoms with E-state index < -0.39 is 0 Å². The van der Waals surface area contributed by atoms with Crippen LogP contribution in [0, 0.1) is 11.3 Å². The highest BCUT2D eigenvalue weighted by Crippen LogP contribution is 2.30. The summed E-state index contributed by atoms with van der Waals surface area (Å²) in [4.78, 5) is 0.0514. The number of thiocarbonyl (C=S) groups is 1. The molecular formula is C18H15ClN2O2S. The van der Waals surface area contributed by atoms with E-state index in [2.05, 4.69) is 0 Å². The van der Waals surface area contributed by atoms with Gasteiger partial charge in [0.2, 0.25) is 0 Å². The van der Waals surface area contributed by atoms with E-state index in [0.717, 1.165) is 11.1 Å². The third kappa shape index (κ3) is 4.48. The van der Waals surface area contributed by atoms with Gasteiger partial charge in [0.1, 0.15) is 17.7 Å². The van der Waals surface area contributed by atoms with Crippen LogP contribution in [0.15, 0.2) is 48.0 Å². The Balaban J connectivity index is 2.22. The summed E-state index contributed by atoms with van der Waals surface area (Å²) in [5.41, 5.74) is 7.34. The number of methoxy groups -OCH3 is 1. The molecule has 2 aromatic rings. The molecule has 4 nitrogen and oxygen atoms in total. The van der Waals surface area contributed by atoms with Crippen molar-refractivity contribution in [2.24, 2.45) is 5.73 Å². The Morgan fingerprint density at radius 3 is 2.67 bits per heavy atom. The number of rotatable bonds is 6. The number of nitrogens with zero attached hydrogens (tertiary/aromatic N) is 1. The molecule has 0 radical (unpaired) electrons. The summed E-state index contributed by atoms with van der Waals surface area (Å²) in [7, 11) is 1.55. The molecule has 0 unspecified atom stereocenters. The smallest absolute Gasteiger partial charge is 0.161 e. The van der Waals surface area contributed by atoms with Crippen LogP contribution in [0.25, 0.3) is 6.08 Å². The van der Waals surface area contributed by atoms with Crippen LogP contribution in [0.1, 0.15) is 11.1 Å². The predicted octanol–water partition coefficient (Wildman–Crippen LogP) is 4.12. The molecule has 0 aliphatic rings. The second-order valence-electron chi connectivity index (χ2n) is 4.82. The molecule has 2 rings (SSSR count). The first-order chi connectivity index (χ1) is 11.5. The molecule has 0 aliphatic carbocycles. The fourth-order valence-electron chi connectivity index (χ4n) is 1.99. The number of benzene rings is 2. The van der Waals surface area contributed by atoms with Crippen LogP contribution in [0.5, 0.6) is 11.5 Å². The van der Waals surface area contributed by atoms with Crippen LogP contribution in [-0.4, -0.2) is 12.1 Å². The van der Waals surface area contributed by atoms with Gasteiger partial charge in [-0.15, -0.1) is 0 Å². The molecule has 0 saturated carbocycles. The van der Waals surface area contributed by atoms with E-state index >= 15 is 0 Å². The molecule has 24 heavy (non-hydrogen) atoms. The van der Waals surface area contributed by atoms with Crippen LogP contribution in [0.3, 0.4) is 0 Å². The quantitative estimate of drug-likeness (QED) is 0.478. The largest absolute Gasteiger partial charge is 0.493 e. The Morgan fingerprint density at radius 1 is 1.29 bits per heavy atom. The molecule has 0 spiro atoms. The normalized spacial score (nSPS) is 10.8. The molecule has 6 heteroatoms. The van der Waals surface area contributed by atoms with E-state index in [4.69, 9.17) is 44.3 Å². The molecule has 0 aliphatic heterocycles. The highest BCUT2D eigenvalue weighted by molar-refractivity contribution is 7.80. The van der Waals surface area contributed by atoms with Gasteiger partial charge in [0, 0.05) is 10.6 Å². The third-order valence-electron chi connectivity index (χ3n) is 3.23. The van der Waals surface area contributed by atoms with Crippen LogP contribution in [0.2, 0.25) is 5.02 Å². The average Bonchev–Trinajstić information content (AvgIpc) is 2.59. The Morgan fingerprint density at radius 2 is 2.04 bits per heavy atom. The maximum absolute atomic E-state index is 9.02. The van der Waals surface area contributed by atoms with Crippen molar-refractivity contribution < 1.29 is 9.47 Å². The topological polar surface area (TPSA) is 68.3 Å². The molecular weight excluding hydrogens is 344 g/mol. The van der Waals surface area contributed by atoms with Gasteiger partial charge in [-0.25, -0.2) is 0 Å². The van der Waals surface area contributed by atoms with Gasteiger partial charge in [-0.05, 0) is 29.8 Å². The lowest BCUT2D eigenvalue weighted by molar-refractivity contribution is 0.284. The van der Waals surface area contributed by atoms with Crippen LogP contribution >= 0.6 is 23.8 Å². The second kappa shape index (κ2) is 8.34. The van der Waals surface area contributed by atoms with Crippen LogP contribution in [0.4, 0.5) is 0 Å². The summed E-state index contributed by atoms with van der Waals surface area (Å²) >= 11 is 10.9. The Labute approximate surface area is 151 Å². The standard InChI is InChI=1S/C18H15ClN2O2S/c1-22-17-9-12(8-14(10-20)18(21)24)6-7-16(17)23-11-13-4-2-3-5-15(13)19/h2-9H,11H2,1H3,(H2,21,24)/b14-8+. The third-order valence-corrected chi connectivity index (χ3v) is 3.81. The fraction of sp³-hybridized carbons (Fsp3) is 0.111. The zero-order chi connectivity index (χ0) is 17.5. The Bertz CT molecular complexity index is 828. The first kappa shape index (κ1) is 17.8. The highest BCUT2D eigenvalue weighted by Gasteiger charge is 2.08. The summed E-state index contributed by atoms with van der Waals surface area (Å²) in [5.74, 6) is 1.11. The molecule has 0 heterocycles. The zero-order valence-electron chi connectivity index (χ0n) is 13.0. The van der Waals surface area contributed by atoms with Crippen molar-refractivity contribution in [2.75, 3.05) is 7.11 Å². The zero-order valence-corrected chi connectivity index (χ0v) is 14.5. The lowest BCUT2D eigenvalue weighted by Gasteiger charge is -2.12. The number of nitrogens with two attached hydrogens (primary N) is 1. The fourth-order valence-corrected chi connectivity index (χ4v) is 2.28. The van der Waals surface area contributed by atoms with Gasteiger partial charge >= 0.3 is 0 Å². The lowest BCUT2D eigenvalue weighted by Crippen LogP contribution is -2.09. The minimum absolute atomic E-state index is 0.0514. The minimum atomic E-state index is 0.0514. The van der Waals surface area contributed by atoms with Crippen molar-refractivity contribution in [1.29, 1.82) is 5.26 Å². The SMILES string of the molecule is COc1cc(/C=C(\C#N)C(N)=S)ccc1OCc1ccccc1Cl. The first-order valence-corrected chi connectivity index (χ1v) is 7.79. The molecule has 0 amide bonds. The summed E-state index contributed by atoms with van der Waals surface area (Å²) in [6.07, 6.45) is 1.60. The van der Waals surface area contributed by atoms with Gasteiger partial charge in [-0.3, -0.25) is 0 Å². The number of nitriles is 1. The highest BCUT2D eigenvalue weighted by atomic mass is 35.5. The molecule has 2 aromatic carbocycles. The van der Waals surface area contributed by atoms with E-state index in [1.165, 1.54) is 0 Å². The van der Waals surface area contributed by atoms with E-state index in [1.54, 1.807) is 31.4 Å². The summed E-state index contributed by atoms with van der Waals surface area (Å²) in [6.45, 7) is 0.321. The number of halogens is 1. The maximum atomic E-state index is 9.02. The summed E-state index contributed by atoms with van der Waals surface area (Å²) in [6, 6.07) is 14.7. The van der Waals surface area contributed by atoms with E-state index in [-0.39, 0.29) is 10.6 Å². The van der Waals surface area contributed by atoms with Crippen molar-refractivity contribution in [3.8, 4) is 17.6 Å². The molecule has 0 fully saturated rings. The van der Waals surface area contributed by atoms with Gasteiger partial charge < -0.3 is 15.2 Å². The van der Waals surface area contributed by atoms with E-state index in [0.29, 0.717) is 23.1 Å². The minimum Gasteiger partial charge on any atom is -0.493 e. The molecule has 2 N–H and O–H groups in total. The number of hydrogen-bond donors (Lipinski definition) is 1. The Hall–Kier alpha value is -2.55. The molecule has 0 atom stereocenters. The summed E-state index contributed by atoms with van der Waals surface area (Å²) in [5, 5.41) is 9.67. The van der Waals surface area contributed by atoms with Crippen LogP contribution < -0.4 is 15.2 Å². The van der Waals surface area contributed by atoms with Gasteiger partial charge in [0.15, 0.2) is 11.5 Å². The van der Waals surface area contributed by atoms with Crippen molar-refractivity contribution in [3.63, 3.8) is 0 Å². The predicted molar refractivity (Wildman–Crippen MR) is 99.2 cm³/mol. The van der Waals surface area contributed by atoms with Gasteiger partial charge in [0.05, 0.1) is 12.7 Å². The monoisotopic (exact) mass is 358 g/mol. The van der Waals surface area contributed by atoms with Crippen molar-refractivity contribution >= 4 is 34.9 Å². The average molecular weight is 359 g/mol. The first-order valence-electron chi connectivity index (χ1n) is 7.01. The van der Waals surface area contributed by atoms with Gasteiger partial charge in [-0.2, -0.15) is 5.26 Å². The molecule has 122 valence electrons. The number of ether oxygens (including phenoxy) is 2. The van der Waals surface area contributed by atoms with E-state index in [1.807, 2.05) is 30.3 Å². The summed E-state index contributed by atoms with van der Waals surface area (Å²) < 4.78 is 11.1. The molecule has 0 bridgehead atoms. The second-order valence-corrected chi connectivity index (χ2v) is 5.67. The van der Waals surface area contributed by atoms with Crippen molar-refractivity contribution in [1.82, 2.24) is 0 Å². The maximum Gasteiger partial charge on any atom is 0.161 e. The van der Waals surface area contributed by atoms with Gasteiger partial charge in [-0.1, -0.05) is 48.1 Å². The van der Waals surface area contributed by atoms with Crippen molar-refractivity contribution in [2.45, 2.75) is 6.61 Å². The van der Waals surface area contributed by atoms with E-state index in [9.17, 15) is 0 Å². The lowest BCUT2D eigenvalue weighted by atomic mass is 10.1. The van der Waals surface area contributed by atoms with Crippen LogP contribution in [-0.2, 0) is 6.61 Å².